The van der Waals surface area contributed by atoms with Crippen molar-refractivity contribution in [1.29, 1.82) is 0 Å². The van der Waals surface area contributed by atoms with Gasteiger partial charge in [0, 0.05) is 31.9 Å². The number of amides is 1. The van der Waals surface area contributed by atoms with Gasteiger partial charge in [-0.15, -0.1) is 0 Å². The van der Waals surface area contributed by atoms with Gasteiger partial charge in [0.2, 0.25) is 5.91 Å². The lowest BCUT2D eigenvalue weighted by molar-refractivity contribution is -0.133. The van der Waals surface area contributed by atoms with Crippen molar-refractivity contribution in [2.24, 2.45) is 11.7 Å². The lowest BCUT2D eigenvalue weighted by atomic mass is 10.0. The van der Waals surface area contributed by atoms with Crippen molar-refractivity contribution < 1.29 is 4.79 Å². The van der Waals surface area contributed by atoms with Crippen molar-refractivity contribution in [2.75, 3.05) is 31.1 Å². The van der Waals surface area contributed by atoms with Gasteiger partial charge in [0.15, 0.2) is 0 Å². The maximum Gasteiger partial charge on any atom is 0.239 e. The first-order valence-corrected chi connectivity index (χ1v) is 7.35. The zero-order valence-electron chi connectivity index (χ0n) is 12.7. The van der Waals surface area contributed by atoms with Crippen LogP contribution in [-0.2, 0) is 4.79 Å². The topological polar surface area (TPSA) is 49.6 Å². The minimum Gasteiger partial charge on any atom is -0.368 e. The van der Waals surface area contributed by atoms with Crippen LogP contribution in [0.25, 0.3) is 0 Å². The Kier molecular flexibility index (Phi) is 4.65. The summed E-state index contributed by atoms with van der Waals surface area (Å²) in [7, 11) is 0. The van der Waals surface area contributed by atoms with Gasteiger partial charge in [-0.3, -0.25) is 4.79 Å². The Labute approximate surface area is 121 Å². The Morgan fingerprint density at radius 3 is 2.30 bits per heavy atom. The van der Waals surface area contributed by atoms with Gasteiger partial charge >= 0.3 is 0 Å². The van der Waals surface area contributed by atoms with Crippen LogP contribution in [0, 0.1) is 12.8 Å². The van der Waals surface area contributed by atoms with Crippen LogP contribution in [0.3, 0.4) is 0 Å². The van der Waals surface area contributed by atoms with Gasteiger partial charge in [-0.1, -0.05) is 32.0 Å². The zero-order valence-corrected chi connectivity index (χ0v) is 12.7. The smallest absolute Gasteiger partial charge is 0.239 e. The summed E-state index contributed by atoms with van der Waals surface area (Å²) in [6.45, 7) is 9.38. The molecule has 0 radical (unpaired) electrons. The third-order valence-corrected chi connectivity index (χ3v) is 4.05. The van der Waals surface area contributed by atoms with E-state index < -0.39 is 0 Å². The number of aryl methyl sites for hydroxylation is 1. The van der Waals surface area contributed by atoms with Crippen LogP contribution >= 0.6 is 0 Å². The lowest BCUT2D eigenvalue weighted by Crippen LogP contribution is -2.54. The first kappa shape index (κ1) is 14.9. The van der Waals surface area contributed by atoms with Crippen molar-refractivity contribution in [3.63, 3.8) is 0 Å². The molecule has 0 saturated carbocycles. The Morgan fingerprint density at radius 2 is 1.75 bits per heavy atom. The van der Waals surface area contributed by atoms with E-state index in [1.807, 2.05) is 18.7 Å². The number of hydrogen-bond donors (Lipinski definition) is 1. The molecule has 1 atom stereocenters. The summed E-state index contributed by atoms with van der Waals surface area (Å²) in [4.78, 5) is 16.5. The molecule has 1 aliphatic rings. The standard InChI is InChI=1S/C16H25N3O/c1-12(2)15(17)16(20)19-10-8-18(9-11-19)14-7-5-4-6-13(14)3/h4-7,12,15H,8-11,17H2,1-3H3/t15-/m1/s1. The monoisotopic (exact) mass is 275 g/mol. The highest BCUT2D eigenvalue weighted by Crippen LogP contribution is 2.21. The maximum absolute atomic E-state index is 12.2. The van der Waals surface area contributed by atoms with E-state index in [1.54, 1.807) is 0 Å². The fourth-order valence-electron chi connectivity index (χ4n) is 2.58. The Balaban J connectivity index is 1.96. The Bertz CT molecular complexity index is 465. The molecule has 1 aromatic carbocycles. The Hall–Kier alpha value is -1.55. The molecule has 0 aliphatic carbocycles. The van der Waals surface area contributed by atoms with E-state index in [0.717, 1.165) is 26.2 Å². The second-order valence-corrected chi connectivity index (χ2v) is 5.87. The van der Waals surface area contributed by atoms with E-state index in [9.17, 15) is 4.79 Å². The number of piperazine rings is 1. The van der Waals surface area contributed by atoms with E-state index in [0.29, 0.717) is 0 Å². The molecular weight excluding hydrogens is 250 g/mol. The SMILES string of the molecule is Cc1ccccc1N1CCN(C(=O)[C@H](N)C(C)C)CC1. The van der Waals surface area contributed by atoms with Gasteiger partial charge in [0.05, 0.1) is 6.04 Å². The van der Waals surface area contributed by atoms with Crippen molar-refractivity contribution in [1.82, 2.24) is 4.90 Å². The largest absolute Gasteiger partial charge is 0.368 e. The molecule has 1 saturated heterocycles. The van der Waals surface area contributed by atoms with Gasteiger partial charge < -0.3 is 15.5 Å². The second kappa shape index (κ2) is 6.27. The second-order valence-electron chi connectivity index (χ2n) is 5.87. The number of benzene rings is 1. The number of anilines is 1. The molecule has 1 amide bonds. The number of carbonyl (C=O) groups is 1. The number of nitrogens with two attached hydrogens (primary N) is 1. The summed E-state index contributed by atoms with van der Waals surface area (Å²) in [5, 5.41) is 0. The van der Waals surface area contributed by atoms with Gasteiger partial charge in [0.25, 0.3) is 0 Å². The van der Waals surface area contributed by atoms with Crippen LogP contribution in [0.4, 0.5) is 5.69 Å². The predicted molar refractivity (Wildman–Crippen MR) is 82.8 cm³/mol. The zero-order chi connectivity index (χ0) is 14.7. The highest BCUT2D eigenvalue weighted by molar-refractivity contribution is 5.82. The summed E-state index contributed by atoms with van der Waals surface area (Å²) >= 11 is 0. The summed E-state index contributed by atoms with van der Waals surface area (Å²) in [6, 6.07) is 8.02. The first-order chi connectivity index (χ1) is 9.50. The molecule has 0 unspecified atom stereocenters. The molecule has 110 valence electrons. The van der Waals surface area contributed by atoms with E-state index in [-0.39, 0.29) is 17.9 Å². The first-order valence-electron chi connectivity index (χ1n) is 7.35. The van der Waals surface area contributed by atoms with E-state index >= 15 is 0 Å². The van der Waals surface area contributed by atoms with Gasteiger partial charge in [-0.2, -0.15) is 0 Å². The molecule has 4 nitrogen and oxygen atoms in total. The third kappa shape index (κ3) is 3.12. The van der Waals surface area contributed by atoms with Gasteiger partial charge in [-0.05, 0) is 24.5 Å². The van der Waals surface area contributed by atoms with Gasteiger partial charge in [-0.25, -0.2) is 0 Å². The average molecular weight is 275 g/mol. The summed E-state index contributed by atoms with van der Waals surface area (Å²) in [6.07, 6.45) is 0. The fourth-order valence-corrected chi connectivity index (χ4v) is 2.58. The van der Waals surface area contributed by atoms with E-state index in [1.165, 1.54) is 11.3 Å². The highest BCUT2D eigenvalue weighted by atomic mass is 16.2. The summed E-state index contributed by atoms with van der Waals surface area (Å²) < 4.78 is 0. The molecule has 4 heteroatoms. The van der Waals surface area contributed by atoms with Crippen LogP contribution in [0.2, 0.25) is 0 Å². The maximum atomic E-state index is 12.2. The summed E-state index contributed by atoms with van der Waals surface area (Å²) in [5.41, 5.74) is 8.51. The number of carbonyl (C=O) groups excluding carboxylic acids is 1. The number of nitrogens with zero attached hydrogens (tertiary/aromatic N) is 2. The quantitative estimate of drug-likeness (QED) is 0.912. The van der Waals surface area contributed by atoms with Crippen LogP contribution in [-0.4, -0.2) is 43.0 Å². The van der Waals surface area contributed by atoms with Crippen LogP contribution in [0.5, 0.6) is 0 Å². The molecule has 0 spiro atoms. The number of rotatable bonds is 3. The molecule has 1 aromatic rings. The molecule has 1 fully saturated rings. The van der Waals surface area contributed by atoms with Crippen molar-refractivity contribution in [3.8, 4) is 0 Å². The van der Waals surface area contributed by atoms with Crippen LogP contribution in [0.1, 0.15) is 19.4 Å². The van der Waals surface area contributed by atoms with Crippen LogP contribution < -0.4 is 10.6 Å². The number of para-hydroxylation sites is 1. The van der Waals surface area contributed by atoms with E-state index in [4.69, 9.17) is 5.73 Å². The molecular formula is C16H25N3O. The third-order valence-electron chi connectivity index (χ3n) is 4.05. The lowest BCUT2D eigenvalue weighted by Gasteiger charge is -2.38. The number of hydrogen-bond acceptors (Lipinski definition) is 3. The van der Waals surface area contributed by atoms with Gasteiger partial charge in [0.1, 0.15) is 0 Å². The minimum absolute atomic E-state index is 0.0874. The average Bonchev–Trinajstić information content (AvgIpc) is 2.46. The molecule has 1 heterocycles. The molecule has 1 aliphatic heterocycles. The van der Waals surface area contributed by atoms with Crippen LogP contribution in [0.15, 0.2) is 24.3 Å². The van der Waals surface area contributed by atoms with E-state index in [2.05, 4.69) is 36.1 Å². The molecule has 0 bridgehead atoms. The molecule has 0 aromatic heterocycles. The normalized spacial score (nSPS) is 17.4. The minimum atomic E-state index is -0.375. The van der Waals surface area contributed by atoms with Crippen molar-refractivity contribution >= 4 is 11.6 Å². The molecule has 2 N–H and O–H groups in total. The van der Waals surface area contributed by atoms with Crippen molar-refractivity contribution in [2.45, 2.75) is 26.8 Å². The summed E-state index contributed by atoms with van der Waals surface area (Å²) in [5.74, 6) is 0.279. The predicted octanol–water partition coefficient (Wildman–Crippen LogP) is 1.63. The molecule has 20 heavy (non-hydrogen) atoms. The van der Waals surface area contributed by atoms with Crippen molar-refractivity contribution in [3.05, 3.63) is 29.8 Å². The fraction of sp³-hybridized carbons (Fsp3) is 0.562. The molecule has 2 rings (SSSR count). The highest BCUT2D eigenvalue weighted by Gasteiger charge is 2.27. The Morgan fingerprint density at radius 1 is 1.15 bits per heavy atom.